The second-order valence-corrected chi connectivity index (χ2v) is 6.84. The smallest absolute Gasteiger partial charge is 0.227 e. The molecule has 1 aliphatic rings. The second-order valence-electron chi connectivity index (χ2n) is 6.84. The van der Waals surface area contributed by atoms with E-state index in [9.17, 15) is 4.79 Å². The highest BCUT2D eigenvalue weighted by atomic mass is 16.2. The van der Waals surface area contributed by atoms with Gasteiger partial charge in [0.25, 0.3) is 0 Å². The van der Waals surface area contributed by atoms with Gasteiger partial charge in [0, 0.05) is 18.0 Å². The van der Waals surface area contributed by atoms with Crippen LogP contribution in [0.2, 0.25) is 0 Å². The maximum atomic E-state index is 12.8. The van der Waals surface area contributed by atoms with E-state index >= 15 is 0 Å². The fourth-order valence-electron chi connectivity index (χ4n) is 3.29. The quantitative estimate of drug-likeness (QED) is 0.738. The van der Waals surface area contributed by atoms with Gasteiger partial charge in [0.2, 0.25) is 11.7 Å². The van der Waals surface area contributed by atoms with Crippen molar-refractivity contribution in [2.24, 2.45) is 0 Å². The molecule has 7 heteroatoms. The number of carbonyl (C=O) groups excluding carboxylic acids is 1. The van der Waals surface area contributed by atoms with Crippen molar-refractivity contribution in [3.63, 3.8) is 0 Å². The molecule has 26 heavy (non-hydrogen) atoms. The van der Waals surface area contributed by atoms with Gasteiger partial charge < -0.3 is 5.32 Å². The van der Waals surface area contributed by atoms with Crippen LogP contribution in [0.15, 0.2) is 42.7 Å². The van der Waals surface area contributed by atoms with Crippen LogP contribution in [-0.2, 0) is 10.3 Å². The molecule has 1 aliphatic carbocycles. The summed E-state index contributed by atoms with van der Waals surface area (Å²) in [6.45, 7) is 3.92. The van der Waals surface area contributed by atoms with E-state index in [4.69, 9.17) is 0 Å². The number of pyridine rings is 1. The highest BCUT2D eigenvalue weighted by molar-refractivity contribution is 5.84. The summed E-state index contributed by atoms with van der Waals surface area (Å²) in [5, 5.41) is 17.3. The van der Waals surface area contributed by atoms with E-state index in [0.29, 0.717) is 5.82 Å². The van der Waals surface area contributed by atoms with Gasteiger partial charge in [-0.2, -0.15) is 5.21 Å². The summed E-state index contributed by atoms with van der Waals surface area (Å²) in [7, 11) is 0. The minimum Gasteiger partial charge on any atom is -0.346 e. The van der Waals surface area contributed by atoms with Gasteiger partial charge in [0.1, 0.15) is 0 Å². The number of H-pyrrole nitrogens is 1. The van der Waals surface area contributed by atoms with Crippen LogP contribution in [0, 0.1) is 6.92 Å². The van der Waals surface area contributed by atoms with Crippen molar-refractivity contribution >= 4 is 5.91 Å². The first-order valence-electron chi connectivity index (χ1n) is 8.66. The van der Waals surface area contributed by atoms with Crippen LogP contribution < -0.4 is 5.32 Å². The Hall–Kier alpha value is -3.09. The molecule has 1 saturated carbocycles. The Morgan fingerprint density at radius 1 is 1.23 bits per heavy atom. The van der Waals surface area contributed by atoms with Crippen LogP contribution >= 0.6 is 0 Å². The molecule has 1 atom stereocenters. The third-order valence-electron chi connectivity index (χ3n) is 5.08. The number of tetrazole rings is 1. The highest BCUT2D eigenvalue weighted by Crippen LogP contribution is 2.46. The van der Waals surface area contributed by atoms with Gasteiger partial charge in [-0.25, -0.2) is 0 Å². The molecule has 1 aromatic carbocycles. The van der Waals surface area contributed by atoms with E-state index in [2.05, 4.69) is 30.9 Å². The molecule has 0 aliphatic heterocycles. The molecule has 0 saturated heterocycles. The monoisotopic (exact) mass is 348 g/mol. The first kappa shape index (κ1) is 16.4. The molecule has 0 bridgehead atoms. The fraction of sp³-hybridized carbons (Fsp3) is 0.316. The van der Waals surface area contributed by atoms with E-state index in [0.717, 1.165) is 35.1 Å². The molecular weight excluding hydrogens is 328 g/mol. The lowest BCUT2D eigenvalue weighted by Crippen LogP contribution is -2.37. The van der Waals surface area contributed by atoms with Crippen molar-refractivity contribution in [1.29, 1.82) is 0 Å². The summed E-state index contributed by atoms with van der Waals surface area (Å²) in [4.78, 5) is 16.9. The largest absolute Gasteiger partial charge is 0.346 e. The lowest BCUT2D eigenvalue weighted by atomic mass is 9.96. The third-order valence-corrected chi connectivity index (χ3v) is 5.08. The average molecular weight is 348 g/mol. The summed E-state index contributed by atoms with van der Waals surface area (Å²) in [6.07, 6.45) is 5.42. The van der Waals surface area contributed by atoms with Crippen LogP contribution in [0.3, 0.4) is 0 Å². The summed E-state index contributed by atoms with van der Waals surface area (Å²) >= 11 is 0. The van der Waals surface area contributed by atoms with E-state index in [-0.39, 0.29) is 17.4 Å². The lowest BCUT2D eigenvalue weighted by molar-refractivity contribution is -0.123. The first-order chi connectivity index (χ1) is 12.6. The van der Waals surface area contributed by atoms with E-state index in [1.54, 1.807) is 12.4 Å². The maximum absolute atomic E-state index is 12.8. The fourth-order valence-corrected chi connectivity index (χ4v) is 3.29. The molecular formula is C19H20N6O. The van der Waals surface area contributed by atoms with Gasteiger partial charge in [0.15, 0.2) is 0 Å². The Kier molecular flexibility index (Phi) is 3.99. The van der Waals surface area contributed by atoms with E-state index in [1.807, 2.05) is 44.2 Å². The van der Waals surface area contributed by atoms with Crippen molar-refractivity contribution in [2.45, 2.75) is 38.1 Å². The third kappa shape index (κ3) is 2.96. The molecule has 4 rings (SSSR count). The zero-order chi connectivity index (χ0) is 18.1. The van der Waals surface area contributed by atoms with E-state index in [1.165, 1.54) is 0 Å². The van der Waals surface area contributed by atoms with E-state index < -0.39 is 0 Å². The van der Waals surface area contributed by atoms with Crippen LogP contribution in [-0.4, -0.2) is 31.5 Å². The standard InChI is InChI=1S/C19H20N6O/c1-12-11-20-10-7-16(12)13(2)18(26)21-19(8-9-19)15-5-3-14(4-6-15)17-22-24-25-23-17/h3-7,10-11,13H,8-9H2,1-2H3,(H,21,26)(H,22,23,24,25). The Bertz CT molecular complexity index is 915. The number of rotatable bonds is 5. The molecule has 2 N–H and O–H groups in total. The van der Waals surface area contributed by atoms with Crippen molar-refractivity contribution < 1.29 is 4.79 Å². The molecule has 132 valence electrons. The van der Waals surface area contributed by atoms with Gasteiger partial charge in [-0.05, 0) is 54.7 Å². The number of hydrogen-bond donors (Lipinski definition) is 2. The first-order valence-corrected chi connectivity index (χ1v) is 8.66. The van der Waals surface area contributed by atoms with Gasteiger partial charge in [-0.3, -0.25) is 9.78 Å². The van der Waals surface area contributed by atoms with Crippen molar-refractivity contribution in [3.05, 3.63) is 59.4 Å². The molecule has 1 fully saturated rings. The highest BCUT2D eigenvalue weighted by Gasteiger charge is 2.46. The Morgan fingerprint density at radius 3 is 2.62 bits per heavy atom. The van der Waals surface area contributed by atoms with Crippen LogP contribution in [0.25, 0.3) is 11.4 Å². The molecule has 0 radical (unpaired) electrons. The number of nitrogens with zero attached hydrogens (tertiary/aromatic N) is 4. The number of aromatic amines is 1. The average Bonchev–Trinajstić information content (AvgIpc) is 3.23. The van der Waals surface area contributed by atoms with Crippen molar-refractivity contribution in [2.75, 3.05) is 0 Å². The number of benzene rings is 1. The number of aryl methyl sites for hydroxylation is 1. The van der Waals surface area contributed by atoms with Gasteiger partial charge in [-0.15, -0.1) is 10.2 Å². The number of carbonyl (C=O) groups is 1. The summed E-state index contributed by atoms with van der Waals surface area (Å²) in [5.41, 5.74) is 3.79. The van der Waals surface area contributed by atoms with Gasteiger partial charge >= 0.3 is 0 Å². The van der Waals surface area contributed by atoms with Crippen LogP contribution in [0.5, 0.6) is 0 Å². The number of hydrogen-bond acceptors (Lipinski definition) is 5. The Labute approximate surface area is 151 Å². The molecule has 7 nitrogen and oxygen atoms in total. The summed E-state index contributed by atoms with van der Waals surface area (Å²) < 4.78 is 0. The molecule has 0 spiro atoms. The molecule has 2 heterocycles. The molecule has 1 unspecified atom stereocenters. The minimum absolute atomic E-state index is 0.0408. The SMILES string of the molecule is Cc1cnccc1C(C)C(=O)NC1(c2ccc(-c3nn[nH]n3)cc2)CC1. The van der Waals surface area contributed by atoms with Gasteiger partial charge in [0.05, 0.1) is 11.5 Å². The molecule has 1 amide bonds. The zero-order valence-electron chi connectivity index (χ0n) is 14.7. The summed E-state index contributed by atoms with van der Waals surface area (Å²) in [5.74, 6) is 0.389. The Balaban J connectivity index is 1.51. The number of aromatic nitrogens is 5. The number of nitrogens with one attached hydrogen (secondary N) is 2. The van der Waals surface area contributed by atoms with Crippen molar-refractivity contribution in [1.82, 2.24) is 30.9 Å². The maximum Gasteiger partial charge on any atom is 0.227 e. The topological polar surface area (TPSA) is 96.5 Å². The second kappa shape index (κ2) is 6.33. The predicted octanol–water partition coefficient (Wildman–Crippen LogP) is 2.48. The lowest BCUT2D eigenvalue weighted by Gasteiger charge is -2.22. The van der Waals surface area contributed by atoms with Gasteiger partial charge in [-0.1, -0.05) is 24.3 Å². The molecule has 3 aromatic rings. The predicted molar refractivity (Wildman–Crippen MR) is 96.1 cm³/mol. The number of amides is 1. The van der Waals surface area contributed by atoms with Crippen LogP contribution in [0.4, 0.5) is 0 Å². The van der Waals surface area contributed by atoms with Crippen molar-refractivity contribution in [3.8, 4) is 11.4 Å². The zero-order valence-corrected chi connectivity index (χ0v) is 14.7. The molecule has 2 aromatic heterocycles. The summed E-state index contributed by atoms with van der Waals surface area (Å²) in [6, 6.07) is 9.90. The normalized spacial score (nSPS) is 16.1. The van der Waals surface area contributed by atoms with Crippen LogP contribution in [0.1, 0.15) is 42.4 Å². The Morgan fingerprint density at radius 2 is 2.00 bits per heavy atom. The minimum atomic E-state index is -0.262.